The molecule has 1 atom stereocenters. The largest absolute Gasteiger partial charge is 0.504 e. The third-order valence-electron chi connectivity index (χ3n) is 1.61. The zero-order valence-electron chi connectivity index (χ0n) is 6.86. The van der Waals surface area contributed by atoms with Crippen LogP contribution in [0.3, 0.4) is 0 Å². The first-order valence-electron chi connectivity index (χ1n) is 3.79. The highest BCUT2D eigenvalue weighted by atomic mass is 16.3. The molecule has 0 saturated heterocycles. The summed E-state index contributed by atoms with van der Waals surface area (Å²) in [7, 11) is 0. The lowest BCUT2D eigenvalue weighted by Crippen LogP contribution is -2.03. The van der Waals surface area contributed by atoms with E-state index < -0.39 is 6.10 Å². The molecule has 0 aliphatic heterocycles. The number of aliphatic hydroxyl groups is 1. The number of phenols is 2. The summed E-state index contributed by atoms with van der Waals surface area (Å²) in [5.41, 5.74) is 0.560. The number of rotatable bonds is 2. The lowest BCUT2D eigenvalue weighted by molar-refractivity contribution is 0.194. The second-order valence-electron chi connectivity index (χ2n) is 2.84. The first-order valence-corrected chi connectivity index (χ1v) is 3.79. The fraction of sp³-hybridized carbons (Fsp3) is 0.333. The highest BCUT2D eigenvalue weighted by Crippen LogP contribution is 2.28. The number of phenolic OH excluding ortho intramolecular Hbond substituents is 2. The number of aliphatic hydroxyl groups excluding tert-OH is 1. The van der Waals surface area contributed by atoms with Gasteiger partial charge in [-0.15, -0.1) is 0 Å². The topological polar surface area (TPSA) is 60.7 Å². The van der Waals surface area contributed by atoms with Crippen molar-refractivity contribution in [3.8, 4) is 11.5 Å². The molecule has 1 aromatic carbocycles. The Labute approximate surface area is 70.9 Å². The smallest absolute Gasteiger partial charge is 0.160 e. The highest BCUT2D eigenvalue weighted by Gasteiger charge is 2.07. The normalized spacial score (nSPS) is 12.8. The first kappa shape index (κ1) is 8.87. The van der Waals surface area contributed by atoms with Crippen LogP contribution in [0, 0.1) is 0 Å². The molecule has 1 aromatic rings. The third kappa shape index (κ3) is 1.89. The molecule has 0 spiro atoms. The minimum atomic E-state index is -0.516. The predicted molar refractivity (Wildman–Crippen MR) is 45.2 cm³/mol. The number of aromatic hydroxyl groups is 2. The molecule has 3 heteroatoms. The second kappa shape index (κ2) is 3.45. The van der Waals surface area contributed by atoms with Crippen LogP contribution in [0.25, 0.3) is 0 Å². The van der Waals surface area contributed by atoms with Crippen LogP contribution in [0.2, 0.25) is 0 Å². The molecule has 0 bridgehead atoms. The molecule has 66 valence electrons. The van der Waals surface area contributed by atoms with E-state index in [0.717, 1.165) is 0 Å². The van der Waals surface area contributed by atoms with Crippen LogP contribution in [0.4, 0.5) is 0 Å². The summed E-state index contributed by atoms with van der Waals surface area (Å²) in [6.07, 6.45) is -0.169. The van der Waals surface area contributed by atoms with Crippen LogP contribution in [0.5, 0.6) is 11.5 Å². The van der Waals surface area contributed by atoms with Crippen molar-refractivity contribution in [1.82, 2.24) is 0 Å². The molecular weight excluding hydrogens is 156 g/mol. The predicted octanol–water partition coefficient (Wildman–Crippen LogP) is 1.02. The SMILES string of the molecule is C[C@H](O)Cc1cccc(O)c1O. The minimum Gasteiger partial charge on any atom is -0.504 e. The average Bonchev–Trinajstić information content (AvgIpc) is 1.98. The molecule has 0 amide bonds. The monoisotopic (exact) mass is 168 g/mol. The van der Waals surface area contributed by atoms with Gasteiger partial charge in [0.15, 0.2) is 11.5 Å². The van der Waals surface area contributed by atoms with Gasteiger partial charge in [0.25, 0.3) is 0 Å². The molecule has 12 heavy (non-hydrogen) atoms. The Morgan fingerprint density at radius 3 is 2.58 bits per heavy atom. The molecular formula is C9H12O3. The Bertz CT molecular complexity index is 268. The van der Waals surface area contributed by atoms with Crippen molar-refractivity contribution in [1.29, 1.82) is 0 Å². The Balaban J connectivity index is 2.92. The van der Waals surface area contributed by atoms with Gasteiger partial charge in [-0.05, 0) is 13.0 Å². The van der Waals surface area contributed by atoms with E-state index in [1.807, 2.05) is 0 Å². The van der Waals surface area contributed by atoms with Crippen molar-refractivity contribution >= 4 is 0 Å². The van der Waals surface area contributed by atoms with Crippen LogP contribution in [-0.2, 0) is 6.42 Å². The standard InChI is InChI=1S/C9H12O3/c1-6(10)5-7-3-2-4-8(11)9(7)12/h2-4,6,10-12H,5H2,1H3/t6-/m0/s1. The molecule has 3 nitrogen and oxygen atoms in total. The van der Waals surface area contributed by atoms with Crippen molar-refractivity contribution in [3.63, 3.8) is 0 Å². The average molecular weight is 168 g/mol. The van der Waals surface area contributed by atoms with E-state index in [0.29, 0.717) is 12.0 Å². The molecule has 0 saturated carbocycles. The van der Waals surface area contributed by atoms with Crippen LogP contribution in [0.15, 0.2) is 18.2 Å². The lowest BCUT2D eigenvalue weighted by Gasteiger charge is -2.07. The maximum atomic E-state index is 9.29. The van der Waals surface area contributed by atoms with Crippen LogP contribution in [0.1, 0.15) is 12.5 Å². The van der Waals surface area contributed by atoms with Gasteiger partial charge in [-0.1, -0.05) is 12.1 Å². The third-order valence-corrected chi connectivity index (χ3v) is 1.61. The van der Waals surface area contributed by atoms with Crippen molar-refractivity contribution < 1.29 is 15.3 Å². The van der Waals surface area contributed by atoms with Crippen LogP contribution >= 0.6 is 0 Å². The zero-order valence-corrected chi connectivity index (χ0v) is 6.86. The van der Waals surface area contributed by atoms with Gasteiger partial charge in [0, 0.05) is 12.0 Å². The summed E-state index contributed by atoms with van der Waals surface area (Å²) in [6, 6.07) is 4.70. The molecule has 0 aromatic heterocycles. The van der Waals surface area contributed by atoms with E-state index in [1.165, 1.54) is 6.07 Å². The molecule has 1 rings (SSSR count). The van der Waals surface area contributed by atoms with Crippen LogP contribution < -0.4 is 0 Å². The second-order valence-corrected chi connectivity index (χ2v) is 2.84. The number of hydrogen-bond acceptors (Lipinski definition) is 3. The van der Waals surface area contributed by atoms with Crippen LogP contribution in [-0.4, -0.2) is 21.4 Å². The molecule has 0 aliphatic carbocycles. The van der Waals surface area contributed by atoms with Gasteiger partial charge < -0.3 is 15.3 Å². The van der Waals surface area contributed by atoms with E-state index in [9.17, 15) is 5.11 Å². The van der Waals surface area contributed by atoms with Gasteiger partial charge in [-0.2, -0.15) is 0 Å². The Kier molecular flexibility index (Phi) is 2.55. The highest BCUT2D eigenvalue weighted by molar-refractivity contribution is 5.44. The van der Waals surface area contributed by atoms with E-state index in [1.54, 1.807) is 19.1 Å². The fourth-order valence-electron chi connectivity index (χ4n) is 1.06. The molecule has 3 N–H and O–H groups in total. The van der Waals surface area contributed by atoms with Gasteiger partial charge in [-0.25, -0.2) is 0 Å². The number of hydrogen-bond donors (Lipinski definition) is 3. The van der Waals surface area contributed by atoms with Crippen molar-refractivity contribution in [2.45, 2.75) is 19.4 Å². The van der Waals surface area contributed by atoms with Crippen molar-refractivity contribution in [2.24, 2.45) is 0 Å². The van der Waals surface area contributed by atoms with Crippen molar-refractivity contribution in [3.05, 3.63) is 23.8 Å². The summed E-state index contributed by atoms with van der Waals surface area (Å²) in [5, 5.41) is 27.4. The van der Waals surface area contributed by atoms with Gasteiger partial charge in [0.05, 0.1) is 6.10 Å². The number of para-hydroxylation sites is 1. The molecule has 0 fully saturated rings. The van der Waals surface area contributed by atoms with E-state index in [-0.39, 0.29) is 11.5 Å². The van der Waals surface area contributed by atoms with Gasteiger partial charge in [0.1, 0.15) is 0 Å². The molecule has 0 radical (unpaired) electrons. The fourth-order valence-corrected chi connectivity index (χ4v) is 1.06. The van der Waals surface area contributed by atoms with E-state index in [4.69, 9.17) is 10.2 Å². The van der Waals surface area contributed by atoms with Crippen molar-refractivity contribution in [2.75, 3.05) is 0 Å². The van der Waals surface area contributed by atoms with Gasteiger partial charge in [0.2, 0.25) is 0 Å². The summed E-state index contributed by atoms with van der Waals surface area (Å²) < 4.78 is 0. The minimum absolute atomic E-state index is 0.140. The lowest BCUT2D eigenvalue weighted by atomic mass is 10.1. The van der Waals surface area contributed by atoms with Gasteiger partial charge >= 0.3 is 0 Å². The first-order chi connectivity index (χ1) is 5.61. The maximum absolute atomic E-state index is 9.29. The molecule has 0 heterocycles. The Morgan fingerprint density at radius 2 is 2.00 bits per heavy atom. The van der Waals surface area contributed by atoms with E-state index >= 15 is 0 Å². The zero-order chi connectivity index (χ0) is 9.14. The summed E-state index contributed by atoms with van der Waals surface area (Å²) >= 11 is 0. The summed E-state index contributed by atoms with van der Waals surface area (Å²) in [5.74, 6) is -0.286. The Morgan fingerprint density at radius 1 is 1.33 bits per heavy atom. The Hall–Kier alpha value is -1.22. The van der Waals surface area contributed by atoms with E-state index in [2.05, 4.69) is 0 Å². The van der Waals surface area contributed by atoms with Gasteiger partial charge in [-0.3, -0.25) is 0 Å². The summed E-state index contributed by atoms with van der Waals surface area (Å²) in [6.45, 7) is 1.63. The molecule has 0 aliphatic rings. The summed E-state index contributed by atoms with van der Waals surface area (Å²) in [4.78, 5) is 0. The molecule has 0 unspecified atom stereocenters. The number of benzene rings is 1. The maximum Gasteiger partial charge on any atom is 0.160 e. The quantitative estimate of drug-likeness (QED) is 0.578.